The van der Waals surface area contributed by atoms with Gasteiger partial charge in [-0.3, -0.25) is 4.90 Å². The highest BCUT2D eigenvalue weighted by Crippen LogP contribution is 2.36. The molecule has 0 aliphatic heterocycles. The maximum absolute atomic E-state index is 13.1. The fraction of sp³-hybridized carbons (Fsp3) is 0.625. The predicted molar refractivity (Wildman–Crippen MR) is 79.0 cm³/mol. The van der Waals surface area contributed by atoms with E-state index in [0.29, 0.717) is 18.5 Å². The van der Waals surface area contributed by atoms with Gasteiger partial charge in [0.2, 0.25) is 0 Å². The highest BCUT2D eigenvalue weighted by molar-refractivity contribution is 5.35. The number of phenolic OH excluding ortho intramolecular Hbond substituents is 1. The number of hydrogen-bond acceptors (Lipinski definition) is 3. The van der Waals surface area contributed by atoms with E-state index in [1.54, 1.807) is 6.07 Å². The topological polar surface area (TPSA) is 49.5 Å². The molecule has 20 heavy (non-hydrogen) atoms. The Hall–Kier alpha value is -1.13. The van der Waals surface area contributed by atoms with E-state index in [1.807, 2.05) is 0 Å². The molecule has 1 aromatic rings. The van der Waals surface area contributed by atoms with Gasteiger partial charge in [-0.2, -0.15) is 0 Å². The Morgan fingerprint density at radius 3 is 2.80 bits per heavy atom. The number of halogens is 1. The Bertz CT molecular complexity index is 452. The van der Waals surface area contributed by atoms with Crippen molar-refractivity contribution in [1.82, 2.24) is 4.90 Å². The fourth-order valence-corrected chi connectivity index (χ4v) is 3.57. The van der Waals surface area contributed by atoms with Crippen LogP contribution in [0.5, 0.6) is 5.75 Å². The van der Waals surface area contributed by atoms with Crippen molar-refractivity contribution in [3.8, 4) is 5.75 Å². The summed E-state index contributed by atoms with van der Waals surface area (Å²) in [6, 6.07) is 4.82. The Morgan fingerprint density at radius 2 is 2.20 bits per heavy atom. The van der Waals surface area contributed by atoms with Gasteiger partial charge in [-0.1, -0.05) is 19.4 Å². The molecule has 0 saturated heterocycles. The molecule has 0 amide bonds. The predicted octanol–water partition coefficient (Wildman–Crippen LogP) is 3.04. The van der Waals surface area contributed by atoms with Crippen LogP contribution in [0, 0.1) is 11.7 Å². The van der Waals surface area contributed by atoms with Crippen LogP contribution < -0.4 is 5.73 Å². The second-order valence-electron chi connectivity index (χ2n) is 5.70. The fourth-order valence-electron chi connectivity index (χ4n) is 3.57. The van der Waals surface area contributed by atoms with Crippen molar-refractivity contribution in [2.24, 2.45) is 11.7 Å². The van der Waals surface area contributed by atoms with Gasteiger partial charge < -0.3 is 10.8 Å². The van der Waals surface area contributed by atoms with Gasteiger partial charge in [-0.25, -0.2) is 4.39 Å². The number of phenols is 1. The standard InChI is InChI=1S/C16H25FN2O/c1-3-19(15-6-4-5-12(15)10-18)11(2)14-8-7-13(17)9-16(14)20/h7-9,11-12,15,20H,3-6,10,18H2,1-2H3. The average Bonchev–Trinajstić information content (AvgIpc) is 2.87. The average molecular weight is 280 g/mol. The molecule has 3 unspecified atom stereocenters. The molecule has 4 heteroatoms. The van der Waals surface area contributed by atoms with Crippen LogP contribution in [0.25, 0.3) is 0 Å². The van der Waals surface area contributed by atoms with Crippen molar-refractivity contribution in [3.63, 3.8) is 0 Å². The molecule has 0 radical (unpaired) electrons. The summed E-state index contributed by atoms with van der Waals surface area (Å²) in [4.78, 5) is 2.39. The molecular weight excluding hydrogens is 255 g/mol. The zero-order valence-electron chi connectivity index (χ0n) is 12.3. The van der Waals surface area contributed by atoms with E-state index in [1.165, 1.54) is 25.0 Å². The Labute approximate surface area is 120 Å². The molecule has 0 spiro atoms. The molecule has 3 atom stereocenters. The molecular formula is C16H25FN2O. The summed E-state index contributed by atoms with van der Waals surface area (Å²) in [5.41, 5.74) is 6.67. The van der Waals surface area contributed by atoms with Crippen molar-refractivity contribution in [3.05, 3.63) is 29.6 Å². The quantitative estimate of drug-likeness (QED) is 0.871. The van der Waals surface area contributed by atoms with Gasteiger partial charge in [-0.05, 0) is 44.8 Å². The lowest BCUT2D eigenvalue weighted by atomic mass is 9.97. The first kappa shape index (κ1) is 15.3. The van der Waals surface area contributed by atoms with Crippen LogP contribution in [0.4, 0.5) is 4.39 Å². The summed E-state index contributed by atoms with van der Waals surface area (Å²) >= 11 is 0. The van der Waals surface area contributed by atoms with E-state index in [0.717, 1.165) is 18.5 Å². The van der Waals surface area contributed by atoms with Crippen molar-refractivity contribution in [2.45, 2.75) is 45.2 Å². The second-order valence-corrected chi connectivity index (χ2v) is 5.70. The van der Waals surface area contributed by atoms with Gasteiger partial charge >= 0.3 is 0 Å². The molecule has 3 nitrogen and oxygen atoms in total. The Kier molecular flexibility index (Phi) is 5.00. The van der Waals surface area contributed by atoms with Gasteiger partial charge in [0.05, 0.1) is 0 Å². The molecule has 1 saturated carbocycles. The molecule has 112 valence electrons. The number of nitrogens with two attached hydrogens (primary N) is 1. The van der Waals surface area contributed by atoms with E-state index < -0.39 is 5.82 Å². The van der Waals surface area contributed by atoms with Crippen LogP contribution in [-0.4, -0.2) is 29.1 Å². The number of aromatic hydroxyl groups is 1. The maximum Gasteiger partial charge on any atom is 0.126 e. The van der Waals surface area contributed by atoms with Gasteiger partial charge in [0, 0.05) is 23.7 Å². The normalized spacial score (nSPS) is 24.2. The minimum Gasteiger partial charge on any atom is -0.508 e. The largest absolute Gasteiger partial charge is 0.508 e. The lowest BCUT2D eigenvalue weighted by Gasteiger charge is -2.37. The van der Waals surface area contributed by atoms with Crippen molar-refractivity contribution < 1.29 is 9.50 Å². The maximum atomic E-state index is 13.1. The summed E-state index contributed by atoms with van der Waals surface area (Å²) in [6.07, 6.45) is 3.55. The number of rotatable bonds is 5. The highest BCUT2D eigenvalue weighted by Gasteiger charge is 2.33. The van der Waals surface area contributed by atoms with Crippen molar-refractivity contribution in [2.75, 3.05) is 13.1 Å². The van der Waals surface area contributed by atoms with E-state index in [4.69, 9.17) is 5.73 Å². The molecule has 3 N–H and O–H groups in total. The first-order chi connectivity index (χ1) is 9.58. The SMILES string of the molecule is CCN(C(C)c1ccc(F)cc1O)C1CCCC1CN. The second kappa shape index (κ2) is 6.55. The van der Waals surface area contributed by atoms with Crippen LogP contribution in [0.3, 0.4) is 0 Å². The Morgan fingerprint density at radius 1 is 1.45 bits per heavy atom. The van der Waals surface area contributed by atoms with E-state index in [2.05, 4.69) is 18.7 Å². The zero-order valence-corrected chi connectivity index (χ0v) is 12.3. The van der Waals surface area contributed by atoms with Crippen LogP contribution in [-0.2, 0) is 0 Å². The molecule has 1 aliphatic carbocycles. The first-order valence-corrected chi connectivity index (χ1v) is 7.52. The summed E-state index contributed by atoms with van der Waals surface area (Å²) in [7, 11) is 0. The van der Waals surface area contributed by atoms with E-state index >= 15 is 0 Å². The van der Waals surface area contributed by atoms with Crippen molar-refractivity contribution in [1.29, 1.82) is 0 Å². The number of hydrogen-bond donors (Lipinski definition) is 2. The summed E-state index contributed by atoms with van der Waals surface area (Å²) in [5, 5.41) is 9.98. The third-order valence-corrected chi connectivity index (χ3v) is 4.65. The number of nitrogens with zero attached hydrogens (tertiary/aromatic N) is 1. The minimum atomic E-state index is -0.401. The minimum absolute atomic E-state index is 0.0400. The monoisotopic (exact) mass is 280 g/mol. The smallest absolute Gasteiger partial charge is 0.126 e. The summed E-state index contributed by atoms with van der Waals surface area (Å²) < 4.78 is 13.1. The van der Waals surface area contributed by atoms with Crippen LogP contribution in [0.15, 0.2) is 18.2 Å². The lowest BCUT2D eigenvalue weighted by Crippen LogP contribution is -2.41. The van der Waals surface area contributed by atoms with Crippen LogP contribution in [0.2, 0.25) is 0 Å². The molecule has 1 aromatic carbocycles. The number of benzene rings is 1. The Balaban J connectivity index is 2.22. The van der Waals surface area contributed by atoms with E-state index in [-0.39, 0.29) is 11.8 Å². The molecule has 1 aliphatic rings. The van der Waals surface area contributed by atoms with Gasteiger partial charge in [0.25, 0.3) is 0 Å². The van der Waals surface area contributed by atoms with Crippen molar-refractivity contribution >= 4 is 0 Å². The molecule has 0 bridgehead atoms. The third kappa shape index (κ3) is 2.96. The van der Waals surface area contributed by atoms with Gasteiger partial charge in [-0.15, -0.1) is 0 Å². The summed E-state index contributed by atoms with van der Waals surface area (Å²) in [6.45, 7) is 5.81. The molecule has 1 fully saturated rings. The van der Waals surface area contributed by atoms with Gasteiger partial charge in [0.15, 0.2) is 0 Å². The van der Waals surface area contributed by atoms with E-state index in [9.17, 15) is 9.50 Å². The van der Waals surface area contributed by atoms with Crippen LogP contribution >= 0.6 is 0 Å². The zero-order chi connectivity index (χ0) is 14.7. The summed E-state index contributed by atoms with van der Waals surface area (Å²) in [5.74, 6) is 0.167. The van der Waals surface area contributed by atoms with Crippen LogP contribution in [0.1, 0.15) is 44.7 Å². The molecule has 0 heterocycles. The first-order valence-electron chi connectivity index (χ1n) is 7.52. The third-order valence-electron chi connectivity index (χ3n) is 4.65. The lowest BCUT2D eigenvalue weighted by molar-refractivity contribution is 0.122. The molecule has 2 rings (SSSR count). The van der Waals surface area contributed by atoms with Gasteiger partial charge in [0.1, 0.15) is 11.6 Å². The molecule has 0 aromatic heterocycles. The highest BCUT2D eigenvalue weighted by atomic mass is 19.1.